The Morgan fingerprint density at radius 2 is 1.73 bits per heavy atom. The molecule has 0 saturated heterocycles. The minimum atomic E-state index is -0.476. The predicted octanol–water partition coefficient (Wildman–Crippen LogP) is 3.67. The SMILES string of the molecule is COc1ccc(CC(=O)OCC(=O)/C=C2/N(C)c3ccccc3C2(C)C)cc1OC. The maximum atomic E-state index is 12.5. The number of benzene rings is 2. The van der Waals surface area contributed by atoms with Gasteiger partial charge in [-0.3, -0.25) is 9.59 Å². The van der Waals surface area contributed by atoms with Crippen molar-refractivity contribution in [3.63, 3.8) is 0 Å². The third kappa shape index (κ3) is 4.17. The molecule has 0 spiro atoms. The zero-order valence-corrected chi connectivity index (χ0v) is 18.0. The van der Waals surface area contributed by atoms with Crippen LogP contribution in [0.25, 0.3) is 0 Å². The van der Waals surface area contributed by atoms with E-state index in [4.69, 9.17) is 14.2 Å². The first-order chi connectivity index (χ1) is 14.3. The van der Waals surface area contributed by atoms with E-state index in [0.717, 1.165) is 22.5 Å². The van der Waals surface area contributed by atoms with Crippen LogP contribution in [0.15, 0.2) is 54.2 Å². The number of carbonyl (C=O) groups is 2. The molecule has 0 radical (unpaired) electrons. The first-order valence-corrected chi connectivity index (χ1v) is 9.72. The fourth-order valence-corrected chi connectivity index (χ4v) is 3.81. The molecular formula is C24H27NO5. The summed E-state index contributed by atoms with van der Waals surface area (Å²) in [5, 5.41) is 0. The van der Waals surface area contributed by atoms with Crippen molar-refractivity contribution in [2.45, 2.75) is 25.7 Å². The highest BCUT2D eigenvalue weighted by molar-refractivity contribution is 5.94. The lowest BCUT2D eigenvalue weighted by atomic mass is 9.83. The number of allylic oxidation sites excluding steroid dienone is 1. The molecule has 0 saturated carbocycles. The van der Waals surface area contributed by atoms with E-state index in [1.807, 2.05) is 30.1 Å². The largest absolute Gasteiger partial charge is 0.493 e. The fourth-order valence-electron chi connectivity index (χ4n) is 3.81. The van der Waals surface area contributed by atoms with Gasteiger partial charge in [0.2, 0.25) is 0 Å². The van der Waals surface area contributed by atoms with E-state index in [2.05, 4.69) is 19.9 Å². The van der Waals surface area contributed by atoms with Gasteiger partial charge in [0, 0.05) is 29.9 Å². The monoisotopic (exact) mass is 409 g/mol. The lowest BCUT2D eigenvalue weighted by molar-refractivity contribution is -0.146. The molecular weight excluding hydrogens is 382 g/mol. The van der Waals surface area contributed by atoms with Crippen molar-refractivity contribution in [1.82, 2.24) is 0 Å². The Labute approximate surface area is 177 Å². The number of likely N-dealkylation sites (N-methyl/N-ethyl adjacent to an activating group) is 1. The van der Waals surface area contributed by atoms with Crippen LogP contribution in [-0.2, 0) is 26.2 Å². The van der Waals surface area contributed by atoms with Gasteiger partial charge in [0.15, 0.2) is 23.9 Å². The third-order valence-corrected chi connectivity index (χ3v) is 5.41. The summed E-state index contributed by atoms with van der Waals surface area (Å²) in [6, 6.07) is 13.3. The number of hydrogen-bond donors (Lipinski definition) is 0. The van der Waals surface area contributed by atoms with Gasteiger partial charge in [-0.2, -0.15) is 0 Å². The Morgan fingerprint density at radius 3 is 2.40 bits per heavy atom. The number of anilines is 1. The molecule has 1 aliphatic rings. The van der Waals surface area contributed by atoms with Gasteiger partial charge in [-0.25, -0.2) is 0 Å². The highest BCUT2D eigenvalue weighted by atomic mass is 16.5. The van der Waals surface area contributed by atoms with Gasteiger partial charge in [0.25, 0.3) is 0 Å². The Kier molecular flexibility index (Phi) is 6.15. The summed E-state index contributed by atoms with van der Waals surface area (Å²) in [6.45, 7) is 3.87. The number of methoxy groups -OCH3 is 2. The van der Waals surface area contributed by atoms with Crippen molar-refractivity contribution in [3.05, 3.63) is 65.4 Å². The number of ketones is 1. The molecule has 1 aliphatic heterocycles. The second kappa shape index (κ2) is 8.61. The summed E-state index contributed by atoms with van der Waals surface area (Å²) >= 11 is 0. The van der Waals surface area contributed by atoms with Crippen LogP contribution < -0.4 is 14.4 Å². The number of carbonyl (C=O) groups excluding carboxylic acids is 2. The molecule has 0 bridgehead atoms. The zero-order chi connectivity index (χ0) is 21.9. The number of nitrogens with zero attached hydrogens (tertiary/aromatic N) is 1. The minimum absolute atomic E-state index is 0.0427. The van der Waals surface area contributed by atoms with E-state index in [-0.39, 0.29) is 24.2 Å². The average Bonchev–Trinajstić information content (AvgIpc) is 2.93. The van der Waals surface area contributed by atoms with E-state index in [9.17, 15) is 9.59 Å². The van der Waals surface area contributed by atoms with Crippen LogP contribution in [0.4, 0.5) is 5.69 Å². The van der Waals surface area contributed by atoms with Gasteiger partial charge in [-0.1, -0.05) is 38.1 Å². The van der Waals surface area contributed by atoms with E-state index >= 15 is 0 Å². The summed E-state index contributed by atoms with van der Waals surface area (Å²) in [7, 11) is 5.02. The van der Waals surface area contributed by atoms with Crippen LogP contribution in [0.3, 0.4) is 0 Å². The van der Waals surface area contributed by atoms with Gasteiger partial charge < -0.3 is 19.1 Å². The van der Waals surface area contributed by atoms with Gasteiger partial charge in [-0.05, 0) is 29.3 Å². The summed E-state index contributed by atoms with van der Waals surface area (Å²) in [6.07, 6.45) is 1.62. The molecule has 0 aromatic heterocycles. The molecule has 2 aromatic carbocycles. The number of rotatable bonds is 7. The summed E-state index contributed by atoms with van der Waals surface area (Å²) in [4.78, 5) is 26.7. The molecule has 0 amide bonds. The molecule has 2 aromatic rings. The highest BCUT2D eigenvalue weighted by Gasteiger charge is 2.38. The Hall–Kier alpha value is -3.28. The molecule has 1 heterocycles. The lowest BCUT2D eigenvalue weighted by Gasteiger charge is -2.23. The molecule has 0 atom stereocenters. The molecule has 0 N–H and O–H groups in total. The Morgan fingerprint density at radius 1 is 1.03 bits per heavy atom. The molecule has 0 aliphatic carbocycles. The quantitative estimate of drug-likeness (QED) is 0.514. The topological polar surface area (TPSA) is 65.1 Å². The first kappa shape index (κ1) is 21.4. The van der Waals surface area contributed by atoms with Crippen molar-refractivity contribution < 1.29 is 23.8 Å². The van der Waals surface area contributed by atoms with Gasteiger partial charge in [0.05, 0.1) is 20.6 Å². The molecule has 0 fully saturated rings. The van der Waals surface area contributed by atoms with Crippen LogP contribution in [0, 0.1) is 0 Å². The van der Waals surface area contributed by atoms with Crippen LogP contribution in [0.5, 0.6) is 11.5 Å². The summed E-state index contributed by atoms with van der Waals surface area (Å²) in [5.74, 6) is 0.394. The van der Waals surface area contributed by atoms with Gasteiger partial charge >= 0.3 is 5.97 Å². The summed E-state index contributed by atoms with van der Waals surface area (Å²) < 4.78 is 15.6. The van der Waals surface area contributed by atoms with Crippen LogP contribution >= 0.6 is 0 Å². The molecule has 30 heavy (non-hydrogen) atoms. The van der Waals surface area contributed by atoms with E-state index < -0.39 is 5.97 Å². The molecule has 6 heteroatoms. The Bertz CT molecular complexity index is 993. The van der Waals surface area contributed by atoms with Crippen molar-refractivity contribution in [1.29, 1.82) is 0 Å². The average molecular weight is 409 g/mol. The lowest BCUT2D eigenvalue weighted by Crippen LogP contribution is -2.25. The van der Waals surface area contributed by atoms with Crippen molar-refractivity contribution in [2.75, 3.05) is 32.8 Å². The standard InChI is InChI=1S/C24H27NO5/c1-24(2)18-8-6-7-9-19(18)25(3)22(24)14-17(26)15-30-23(27)13-16-10-11-20(28-4)21(12-16)29-5/h6-12,14H,13,15H2,1-5H3/b22-14+. The van der Waals surface area contributed by atoms with Crippen LogP contribution in [0.1, 0.15) is 25.0 Å². The van der Waals surface area contributed by atoms with Crippen LogP contribution in [0.2, 0.25) is 0 Å². The van der Waals surface area contributed by atoms with Crippen molar-refractivity contribution >= 4 is 17.4 Å². The van der Waals surface area contributed by atoms with Gasteiger partial charge in [0.1, 0.15) is 0 Å². The number of fused-ring (bicyclic) bond motifs is 1. The number of para-hydroxylation sites is 1. The molecule has 158 valence electrons. The maximum Gasteiger partial charge on any atom is 0.310 e. The van der Waals surface area contributed by atoms with Crippen molar-refractivity contribution in [2.24, 2.45) is 0 Å². The van der Waals surface area contributed by atoms with Crippen molar-refractivity contribution in [3.8, 4) is 11.5 Å². The zero-order valence-electron chi connectivity index (χ0n) is 18.0. The second-order valence-corrected chi connectivity index (χ2v) is 7.72. The fraction of sp³-hybridized carbons (Fsp3) is 0.333. The highest BCUT2D eigenvalue weighted by Crippen LogP contribution is 2.46. The predicted molar refractivity (Wildman–Crippen MR) is 115 cm³/mol. The molecule has 0 unspecified atom stereocenters. The molecule has 3 rings (SSSR count). The smallest absolute Gasteiger partial charge is 0.310 e. The number of esters is 1. The Balaban J connectivity index is 1.63. The molecule has 6 nitrogen and oxygen atoms in total. The van der Waals surface area contributed by atoms with E-state index in [0.29, 0.717) is 11.5 Å². The maximum absolute atomic E-state index is 12.5. The number of ether oxygens (including phenoxy) is 3. The number of hydrogen-bond acceptors (Lipinski definition) is 6. The normalized spacial score (nSPS) is 15.6. The minimum Gasteiger partial charge on any atom is -0.493 e. The van der Waals surface area contributed by atoms with E-state index in [1.54, 1.807) is 31.4 Å². The van der Waals surface area contributed by atoms with Crippen LogP contribution in [-0.4, -0.2) is 39.6 Å². The first-order valence-electron chi connectivity index (χ1n) is 9.72. The third-order valence-electron chi connectivity index (χ3n) is 5.41. The summed E-state index contributed by atoms with van der Waals surface area (Å²) in [5.41, 5.74) is 3.54. The van der Waals surface area contributed by atoms with E-state index in [1.165, 1.54) is 7.11 Å². The second-order valence-electron chi connectivity index (χ2n) is 7.72. The van der Waals surface area contributed by atoms with Gasteiger partial charge in [-0.15, -0.1) is 0 Å².